The number of hydrogen-bond donors (Lipinski definition) is 1. The van der Waals surface area contributed by atoms with Crippen LogP contribution in [0, 0.1) is 12.3 Å². The summed E-state index contributed by atoms with van der Waals surface area (Å²) in [5.74, 6) is 0.403. The van der Waals surface area contributed by atoms with Gasteiger partial charge in [0.25, 0.3) is 0 Å². The maximum absolute atomic E-state index is 11.3. The number of nitrogens with one attached hydrogen (secondary N) is 1. The molecular formula is C11H20NO2. The lowest BCUT2D eigenvalue weighted by Crippen LogP contribution is -2.37. The van der Waals surface area contributed by atoms with Crippen molar-refractivity contribution in [2.24, 2.45) is 5.92 Å². The minimum Gasteiger partial charge on any atom is -0.449 e. The topological polar surface area (TPSA) is 38.3 Å². The van der Waals surface area contributed by atoms with Crippen LogP contribution in [-0.2, 0) is 4.74 Å². The molecule has 14 heavy (non-hydrogen) atoms. The molecule has 81 valence electrons. The first kappa shape index (κ1) is 11.3. The molecule has 0 heterocycles. The average molecular weight is 198 g/mol. The number of hydrogen-bond acceptors (Lipinski definition) is 2. The molecule has 0 spiro atoms. The Labute approximate surface area is 86.2 Å². The van der Waals surface area contributed by atoms with Gasteiger partial charge >= 0.3 is 6.09 Å². The highest BCUT2D eigenvalue weighted by molar-refractivity contribution is 5.67. The van der Waals surface area contributed by atoms with E-state index in [4.69, 9.17) is 4.74 Å². The van der Waals surface area contributed by atoms with Gasteiger partial charge < -0.3 is 10.1 Å². The lowest BCUT2D eigenvalue weighted by molar-refractivity contribution is 0.127. The fraction of sp³-hybridized carbons (Fsp3) is 0.818. The third-order valence-electron chi connectivity index (χ3n) is 2.31. The molecule has 0 aromatic heterocycles. The molecule has 0 saturated heterocycles. The molecule has 1 rings (SSSR count). The fourth-order valence-corrected chi connectivity index (χ4v) is 1.52. The number of alkyl carbamates (subject to hydrolysis) is 1. The van der Waals surface area contributed by atoms with Crippen LogP contribution in [0.5, 0.6) is 0 Å². The van der Waals surface area contributed by atoms with Gasteiger partial charge in [-0.1, -0.05) is 13.8 Å². The Morgan fingerprint density at radius 2 is 2.14 bits per heavy atom. The maximum atomic E-state index is 11.3. The predicted octanol–water partition coefficient (Wildman–Crippen LogP) is 2.52. The van der Waals surface area contributed by atoms with Crippen LogP contribution in [0.15, 0.2) is 0 Å². The Hall–Kier alpha value is -0.730. The minimum absolute atomic E-state index is 0.259. The van der Waals surface area contributed by atoms with E-state index in [-0.39, 0.29) is 6.09 Å². The molecule has 0 aliphatic heterocycles. The summed E-state index contributed by atoms with van der Waals surface area (Å²) < 4.78 is 5.05. The SMILES string of the molecule is CC(C)COC(=O)NC1CC[CH]CC1. The first-order valence-corrected chi connectivity index (χ1v) is 5.43. The largest absolute Gasteiger partial charge is 0.449 e. The summed E-state index contributed by atoms with van der Waals surface area (Å²) in [5, 5.41) is 2.89. The maximum Gasteiger partial charge on any atom is 0.407 e. The summed E-state index contributed by atoms with van der Waals surface area (Å²) >= 11 is 0. The molecule has 1 aliphatic carbocycles. The molecule has 0 bridgehead atoms. The zero-order valence-electron chi connectivity index (χ0n) is 9.08. The van der Waals surface area contributed by atoms with Crippen LogP contribution in [0.4, 0.5) is 4.79 Å². The normalized spacial score (nSPS) is 18.2. The molecule has 3 heteroatoms. The van der Waals surface area contributed by atoms with Gasteiger partial charge in [0, 0.05) is 6.04 Å². The smallest absolute Gasteiger partial charge is 0.407 e. The molecule has 1 aliphatic rings. The Kier molecular flexibility index (Phi) is 4.77. The van der Waals surface area contributed by atoms with E-state index in [2.05, 4.69) is 11.7 Å². The van der Waals surface area contributed by atoms with Crippen molar-refractivity contribution >= 4 is 6.09 Å². The number of amides is 1. The second-order valence-corrected chi connectivity index (χ2v) is 4.28. The van der Waals surface area contributed by atoms with E-state index in [0.717, 1.165) is 25.7 Å². The van der Waals surface area contributed by atoms with Crippen molar-refractivity contribution in [3.05, 3.63) is 6.42 Å². The van der Waals surface area contributed by atoms with E-state index in [1.165, 1.54) is 0 Å². The van der Waals surface area contributed by atoms with Crippen LogP contribution < -0.4 is 5.32 Å². The lowest BCUT2D eigenvalue weighted by atomic mass is 9.96. The van der Waals surface area contributed by atoms with Gasteiger partial charge in [-0.25, -0.2) is 4.79 Å². The summed E-state index contributed by atoms with van der Waals surface area (Å²) in [6, 6.07) is 0.319. The molecule has 0 aromatic rings. The van der Waals surface area contributed by atoms with Crippen molar-refractivity contribution in [2.45, 2.75) is 45.6 Å². The van der Waals surface area contributed by atoms with Gasteiger partial charge in [0.05, 0.1) is 6.61 Å². The third-order valence-corrected chi connectivity index (χ3v) is 2.31. The van der Waals surface area contributed by atoms with E-state index in [1.54, 1.807) is 0 Å². The monoisotopic (exact) mass is 198 g/mol. The first-order chi connectivity index (χ1) is 6.68. The summed E-state index contributed by atoms with van der Waals surface area (Å²) in [4.78, 5) is 11.3. The van der Waals surface area contributed by atoms with Gasteiger partial charge in [-0.05, 0) is 38.0 Å². The van der Waals surface area contributed by atoms with Crippen molar-refractivity contribution in [1.82, 2.24) is 5.32 Å². The van der Waals surface area contributed by atoms with E-state index in [1.807, 2.05) is 13.8 Å². The van der Waals surface area contributed by atoms with Gasteiger partial charge in [0.1, 0.15) is 0 Å². The van der Waals surface area contributed by atoms with Crippen LogP contribution in [0.3, 0.4) is 0 Å². The third kappa shape index (κ3) is 4.49. The van der Waals surface area contributed by atoms with Gasteiger partial charge in [0.2, 0.25) is 0 Å². The Bertz CT molecular complexity index is 174. The lowest BCUT2D eigenvalue weighted by Gasteiger charge is -2.22. The van der Waals surface area contributed by atoms with Crippen molar-refractivity contribution in [2.75, 3.05) is 6.61 Å². The van der Waals surface area contributed by atoms with Gasteiger partial charge in [-0.2, -0.15) is 0 Å². The molecule has 0 unspecified atom stereocenters. The molecule has 0 aromatic carbocycles. The van der Waals surface area contributed by atoms with Crippen LogP contribution in [-0.4, -0.2) is 18.7 Å². The molecule has 1 amide bonds. The second-order valence-electron chi connectivity index (χ2n) is 4.28. The van der Waals surface area contributed by atoms with E-state index < -0.39 is 0 Å². The number of carbonyl (C=O) groups is 1. The molecule has 3 nitrogen and oxygen atoms in total. The van der Waals surface area contributed by atoms with E-state index >= 15 is 0 Å². The number of rotatable bonds is 3. The first-order valence-electron chi connectivity index (χ1n) is 5.43. The quantitative estimate of drug-likeness (QED) is 0.756. The summed E-state index contributed by atoms with van der Waals surface area (Å²) in [7, 11) is 0. The van der Waals surface area contributed by atoms with E-state index in [0.29, 0.717) is 18.6 Å². The summed E-state index contributed by atoms with van der Waals surface area (Å²) in [5.41, 5.74) is 0. The molecule has 1 radical (unpaired) electrons. The minimum atomic E-state index is -0.259. The summed E-state index contributed by atoms with van der Waals surface area (Å²) in [6.45, 7) is 4.57. The van der Waals surface area contributed by atoms with Crippen molar-refractivity contribution in [1.29, 1.82) is 0 Å². The standard InChI is InChI=1S/C11H20NO2/c1-9(2)8-14-11(13)12-10-6-4-3-5-7-10/h3,9-10H,4-8H2,1-2H3,(H,12,13). The van der Waals surface area contributed by atoms with Gasteiger partial charge in [0.15, 0.2) is 0 Å². The van der Waals surface area contributed by atoms with Crippen LogP contribution >= 0.6 is 0 Å². The Balaban J connectivity index is 2.12. The number of carbonyl (C=O) groups excluding carboxylic acids is 1. The predicted molar refractivity (Wildman–Crippen MR) is 55.9 cm³/mol. The van der Waals surface area contributed by atoms with Crippen molar-refractivity contribution < 1.29 is 9.53 Å². The van der Waals surface area contributed by atoms with Crippen LogP contribution in [0.2, 0.25) is 0 Å². The van der Waals surface area contributed by atoms with Crippen molar-refractivity contribution in [3.8, 4) is 0 Å². The van der Waals surface area contributed by atoms with Gasteiger partial charge in [-0.3, -0.25) is 0 Å². The fourth-order valence-electron chi connectivity index (χ4n) is 1.52. The number of ether oxygens (including phenoxy) is 1. The van der Waals surface area contributed by atoms with Crippen molar-refractivity contribution in [3.63, 3.8) is 0 Å². The highest BCUT2D eigenvalue weighted by Crippen LogP contribution is 2.16. The second kappa shape index (κ2) is 5.89. The molecule has 1 saturated carbocycles. The molecule has 0 atom stereocenters. The van der Waals surface area contributed by atoms with E-state index in [9.17, 15) is 4.79 Å². The average Bonchev–Trinajstić information content (AvgIpc) is 2.16. The van der Waals surface area contributed by atoms with Crippen LogP contribution in [0.25, 0.3) is 0 Å². The Morgan fingerprint density at radius 1 is 1.50 bits per heavy atom. The highest BCUT2D eigenvalue weighted by atomic mass is 16.5. The summed E-state index contributed by atoms with van der Waals surface area (Å²) in [6.07, 6.45) is 6.33. The van der Waals surface area contributed by atoms with Gasteiger partial charge in [-0.15, -0.1) is 0 Å². The molecule has 1 fully saturated rings. The highest BCUT2D eigenvalue weighted by Gasteiger charge is 2.16. The molecular weight excluding hydrogens is 178 g/mol. The zero-order chi connectivity index (χ0) is 10.4. The Morgan fingerprint density at radius 3 is 2.71 bits per heavy atom. The zero-order valence-corrected chi connectivity index (χ0v) is 9.08. The van der Waals surface area contributed by atoms with Crippen LogP contribution in [0.1, 0.15) is 39.5 Å². The molecule has 1 N–H and O–H groups in total.